The van der Waals surface area contributed by atoms with Crippen LogP contribution in [0.25, 0.3) is 10.9 Å². The zero-order chi connectivity index (χ0) is 18.6. The van der Waals surface area contributed by atoms with E-state index >= 15 is 0 Å². The number of nitrogens with one attached hydrogen (secondary N) is 1. The highest BCUT2D eigenvalue weighted by Crippen LogP contribution is 2.44. The van der Waals surface area contributed by atoms with E-state index in [2.05, 4.69) is 48.5 Å². The van der Waals surface area contributed by atoms with Crippen LogP contribution in [-0.4, -0.2) is 12.1 Å². The Morgan fingerprint density at radius 1 is 1.26 bits per heavy atom. The molecule has 2 unspecified atom stereocenters. The number of methoxy groups -OCH3 is 1. The average Bonchev–Trinajstić information content (AvgIpc) is 3.16. The molecule has 4 nitrogen and oxygen atoms in total. The molecule has 0 saturated heterocycles. The largest absolute Gasteiger partial charge is 0.497 e. The van der Waals surface area contributed by atoms with Crippen molar-refractivity contribution >= 4 is 10.9 Å². The van der Waals surface area contributed by atoms with Gasteiger partial charge in [-0.15, -0.1) is 0 Å². The van der Waals surface area contributed by atoms with Gasteiger partial charge in [-0.25, -0.2) is 0 Å². The first-order chi connectivity index (χ1) is 13.3. The van der Waals surface area contributed by atoms with Crippen LogP contribution in [0, 0.1) is 5.92 Å². The van der Waals surface area contributed by atoms with Crippen molar-refractivity contribution in [1.82, 2.24) is 4.98 Å². The van der Waals surface area contributed by atoms with E-state index in [1.54, 1.807) is 25.9 Å². The second-order valence-corrected chi connectivity index (χ2v) is 6.90. The minimum absolute atomic E-state index is 0.134. The summed E-state index contributed by atoms with van der Waals surface area (Å²) in [5.41, 5.74) is 3.79. The van der Waals surface area contributed by atoms with Crippen molar-refractivity contribution in [2.45, 2.75) is 32.1 Å². The number of fused-ring (bicyclic) bond motifs is 1. The molecule has 0 spiro atoms. The van der Waals surface area contributed by atoms with E-state index in [0.717, 1.165) is 36.3 Å². The van der Waals surface area contributed by atoms with Crippen LogP contribution >= 0.6 is 0 Å². The first-order valence-electron chi connectivity index (χ1n) is 9.49. The molecule has 1 aromatic heterocycles. The van der Waals surface area contributed by atoms with Gasteiger partial charge in [0.25, 0.3) is 0 Å². The summed E-state index contributed by atoms with van der Waals surface area (Å²) in [4.78, 5) is 3.42. The summed E-state index contributed by atoms with van der Waals surface area (Å²) in [6.45, 7) is 2.23. The predicted molar refractivity (Wildman–Crippen MR) is 107 cm³/mol. The fourth-order valence-corrected chi connectivity index (χ4v) is 4.13. The van der Waals surface area contributed by atoms with Crippen molar-refractivity contribution in [3.63, 3.8) is 0 Å². The number of allylic oxidation sites excluding steroid dienone is 4. The van der Waals surface area contributed by atoms with Crippen molar-refractivity contribution in [2.24, 2.45) is 5.92 Å². The van der Waals surface area contributed by atoms with Crippen LogP contribution in [0.5, 0.6) is 5.75 Å². The molecule has 0 fully saturated rings. The van der Waals surface area contributed by atoms with E-state index in [0.29, 0.717) is 0 Å². The molecule has 0 amide bonds. The van der Waals surface area contributed by atoms with Gasteiger partial charge in [-0.05, 0) is 48.9 Å². The maximum atomic E-state index is 5.89. The van der Waals surface area contributed by atoms with E-state index in [-0.39, 0.29) is 11.8 Å². The van der Waals surface area contributed by atoms with Crippen LogP contribution in [0.15, 0.2) is 72.7 Å². The number of H-pyrrole nitrogens is 1. The number of hydrogen-bond acceptors (Lipinski definition) is 3. The Morgan fingerprint density at radius 3 is 2.89 bits per heavy atom. The molecular formula is C23H25NO3. The maximum absolute atomic E-state index is 5.89. The molecule has 0 saturated carbocycles. The second kappa shape index (κ2) is 7.78. The maximum Gasteiger partial charge on any atom is 0.146 e. The molecule has 0 bridgehead atoms. The van der Waals surface area contributed by atoms with E-state index in [1.165, 1.54) is 16.5 Å². The van der Waals surface area contributed by atoms with Gasteiger partial charge >= 0.3 is 0 Å². The number of benzene rings is 1. The van der Waals surface area contributed by atoms with Crippen LogP contribution in [0.1, 0.15) is 37.7 Å². The lowest BCUT2D eigenvalue weighted by molar-refractivity contribution is 0.215. The standard InChI is InChI=1S/C23H25NO3/c1-3-18(20-14-24-21-10-9-17(25-2)13-19(20)21)23(16-7-5-4-6-8-16)22-15-26-11-12-27-22/h4-5,7,9-15,18,23-24H,3,6,8H2,1-2H3. The monoisotopic (exact) mass is 363 g/mol. The highest BCUT2D eigenvalue weighted by atomic mass is 16.5. The number of hydrogen-bond donors (Lipinski definition) is 1. The zero-order valence-electron chi connectivity index (χ0n) is 15.8. The van der Waals surface area contributed by atoms with Gasteiger partial charge < -0.3 is 19.2 Å². The molecule has 0 radical (unpaired) electrons. The lowest BCUT2D eigenvalue weighted by Crippen LogP contribution is -2.20. The summed E-state index contributed by atoms with van der Waals surface area (Å²) < 4.78 is 16.8. The average molecular weight is 363 g/mol. The fraction of sp³-hybridized carbons (Fsp3) is 0.304. The molecule has 2 heterocycles. The van der Waals surface area contributed by atoms with Gasteiger partial charge in [0.05, 0.1) is 7.11 Å². The van der Waals surface area contributed by atoms with E-state index in [4.69, 9.17) is 14.2 Å². The molecule has 1 aliphatic carbocycles. The Kier molecular flexibility index (Phi) is 5.05. The summed E-state index contributed by atoms with van der Waals surface area (Å²) in [5.74, 6) is 2.14. The minimum Gasteiger partial charge on any atom is -0.497 e. The molecule has 2 aliphatic rings. The van der Waals surface area contributed by atoms with Gasteiger partial charge in [-0.3, -0.25) is 0 Å². The topological polar surface area (TPSA) is 43.5 Å². The molecule has 4 rings (SSSR count). The summed E-state index contributed by atoms with van der Waals surface area (Å²) in [5, 5.41) is 1.20. The van der Waals surface area contributed by atoms with Gasteiger partial charge in [0.15, 0.2) is 0 Å². The first kappa shape index (κ1) is 17.5. The number of aromatic nitrogens is 1. The molecular weight excluding hydrogens is 338 g/mol. The Bertz CT molecular complexity index is 932. The molecule has 4 heteroatoms. The molecule has 140 valence electrons. The zero-order valence-corrected chi connectivity index (χ0v) is 15.8. The third-order valence-corrected chi connectivity index (χ3v) is 5.44. The number of rotatable bonds is 6. The normalized spacial score (nSPS) is 18.3. The van der Waals surface area contributed by atoms with Crippen LogP contribution in [-0.2, 0) is 9.47 Å². The number of ether oxygens (including phenoxy) is 3. The third-order valence-electron chi connectivity index (χ3n) is 5.44. The van der Waals surface area contributed by atoms with Gasteiger partial charge in [0.1, 0.15) is 30.3 Å². The van der Waals surface area contributed by atoms with Gasteiger partial charge in [0.2, 0.25) is 0 Å². The van der Waals surface area contributed by atoms with Crippen LogP contribution in [0.3, 0.4) is 0 Å². The minimum atomic E-state index is 0.134. The van der Waals surface area contributed by atoms with Crippen molar-refractivity contribution in [3.05, 3.63) is 78.3 Å². The van der Waals surface area contributed by atoms with Crippen LogP contribution in [0.4, 0.5) is 0 Å². The molecule has 1 aromatic carbocycles. The van der Waals surface area contributed by atoms with Crippen molar-refractivity contribution < 1.29 is 14.2 Å². The van der Waals surface area contributed by atoms with Gasteiger partial charge in [-0.2, -0.15) is 0 Å². The van der Waals surface area contributed by atoms with E-state index < -0.39 is 0 Å². The molecule has 2 aromatic rings. The lowest BCUT2D eigenvalue weighted by atomic mass is 9.76. The fourth-order valence-electron chi connectivity index (χ4n) is 4.13. The van der Waals surface area contributed by atoms with E-state index in [9.17, 15) is 0 Å². The molecule has 1 N–H and O–H groups in total. The number of aromatic amines is 1. The first-order valence-corrected chi connectivity index (χ1v) is 9.49. The highest BCUT2D eigenvalue weighted by molar-refractivity contribution is 5.85. The quantitative estimate of drug-likeness (QED) is 0.692. The van der Waals surface area contributed by atoms with Crippen molar-refractivity contribution in [1.29, 1.82) is 0 Å². The molecule has 1 aliphatic heterocycles. The van der Waals surface area contributed by atoms with Crippen molar-refractivity contribution in [2.75, 3.05) is 7.11 Å². The Balaban J connectivity index is 1.80. The molecule has 2 atom stereocenters. The second-order valence-electron chi connectivity index (χ2n) is 6.90. The summed E-state index contributed by atoms with van der Waals surface area (Å²) in [7, 11) is 1.71. The summed E-state index contributed by atoms with van der Waals surface area (Å²) >= 11 is 0. The van der Waals surface area contributed by atoms with Crippen LogP contribution in [0.2, 0.25) is 0 Å². The lowest BCUT2D eigenvalue weighted by Gasteiger charge is -2.31. The Hall–Kier alpha value is -2.88. The summed E-state index contributed by atoms with van der Waals surface area (Å²) in [6, 6.07) is 6.17. The Labute approximate surface area is 159 Å². The predicted octanol–water partition coefficient (Wildman–Crippen LogP) is 5.92. The highest BCUT2D eigenvalue weighted by Gasteiger charge is 2.32. The van der Waals surface area contributed by atoms with Crippen molar-refractivity contribution in [3.8, 4) is 5.75 Å². The van der Waals surface area contributed by atoms with E-state index in [1.807, 2.05) is 6.07 Å². The smallest absolute Gasteiger partial charge is 0.146 e. The SMILES string of the molecule is CCC(c1c[nH]c2ccc(OC)cc12)C(C1=CC=CCC1)C1=COC=CO1. The summed E-state index contributed by atoms with van der Waals surface area (Å²) in [6.07, 6.45) is 16.7. The van der Waals surface area contributed by atoms with Gasteiger partial charge in [-0.1, -0.05) is 30.7 Å². The Morgan fingerprint density at radius 2 is 2.19 bits per heavy atom. The van der Waals surface area contributed by atoms with Gasteiger partial charge in [0, 0.05) is 23.0 Å². The molecule has 27 heavy (non-hydrogen) atoms. The third kappa shape index (κ3) is 3.39. The van der Waals surface area contributed by atoms with Crippen LogP contribution < -0.4 is 4.74 Å².